The van der Waals surface area contributed by atoms with Crippen molar-refractivity contribution in [2.45, 2.75) is 19.4 Å². The number of phenols is 1. The molecule has 0 fully saturated rings. The summed E-state index contributed by atoms with van der Waals surface area (Å²) < 4.78 is 60.3. The molecule has 4 nitrogen and oxygen atoms in total. The van der Waals surface area contributed by atoms with Crippen LogP contribution in [0.3, 0.4) is 0 Å². The molecular weight excluding hydrogens is 400 g/mol. The first-order chi connectivity index (χ1) is 8.40. The zero-order valence-electron chi connectivity index (χ0n) is 10.2. The Labute approximate surface area is 119 Å². The van der Waals surface area contributed by atoms with Crippen molar-refractivity contribution in [3.05, 3.63) is 26.8 Å². The van der Waals surface area contributed by atoms with Crippen LogP contribution >= 0.6 is 0 Å². The van der Waals surface area contributed by atoms with Crippen molar-refractivity contribution in [2.24, 2.45) is 0 Å². The van der Waals surface area contributed by atoms with Gasteiger partial charge in [-0.25, -0.2) is 8.42 Å². The second kappa shape index (κ2) is 6.75. The maximum atomic E-state index is 10.7. The molecule has 0 aliphatic heterocycles. The molecule has 0 unspecified atom stereocenters. The van der Waals surface area contributed by atoms with Gasteiger partial charge in [0.15, 0.2) is 13.7 Å². The third kappa shape index (κ3) is 5.95. The van der Waals surface area contributed by atoms with E-state index in [2.05, 4.69) is 17.1 Å². The molecule has 0 aromatic heterocycles. The van der Waals surface area contributed by atoms with Crippen molar-refractivity contribution >= 4 is 10.1 Å². The van der Waals surface area contributed by atoms with Gasteiger partial charge in [0.25, 0.3) is 0 Å². The predicted molar refractivity (Wildman–Crippen MR) is 58.0 cm³/mol. The van der Waals surface area contributed by atoms with Gasteiger partial charge in [0, 0.05) is 0 Å². The molecule has 0 spiro atoms. The Balaban J connectivity index is 0.000000362. The largest absolute Gasteiger partial charge is 0.741 e. The summed E-state index contributed by atoms with van der Waals surface area (Å²) in [7, 11) is -6.09. The van der Waals surface area contributed by atoms with Crippen LogP contribution < -0.4 is 21.2 Å². The lowest BCUT2D eigenvalue weighted by Gasteiger charge is -2.08. The molecule has 0 amide bonds. The van der Waals surface area contributed by atoms with Crippen LogP contribution in [0.4, 0.5) is 13.2 Å². The Kier molecular flexibility index (Phi) is 6.55. The van der Waals surface area contributed by atoms with Gasteiger partial charge in [-0.3, -0.25) is 0 Å². The van der Waals surface area contributed by atoms with E-state index in [4.69, 9.17) is 13.0 Å². The summed E-state index contributed by atoms with van der Waals surface area (Å²) in [5.41, 5.74) is -3.64. The topological polar surface area (TPSA) is 77.4 Å². The lowest BCUT2D eigenvalue weighted by Crippen LogP contribution is -3.60. The van der Waals surface area contributed by atoms with Crippen molar-refractivity contribution < 1.29 is 52.5 Å². The van der Waals surface area contributed by atoms with Crippen LogP contribution in [-0.4, -0.2) is 28.5 Å². The fourth-order valence-electron chi connectivity index (χ4n) is 1.01. The van der Waals surface area contributed by atoms with E-state index >= 15 is 0 Å². The van der Waals surface area contributed by atoms with E-state index < -0.39 is 15.6 Å². The number of benzene rings is 1. The Hall–Kier alpha value is -0.550. The van der Waals surface area contributed by atoms with Crippen LogP contribution in [0, 0.1) is 17.4 Å². The first-order valence-electron chi connectivity index (χ1n) is 4.72. The van der Waals surface area contributed by atoms with Gasteiger partial charge in [-0.2, -0.15) is 13.2 Å². The number of rotatable bonds is 1. The summed E-state index contributed by atoms with van der Waals surface area (Å²) in [6, 6.07) is 4.16. The first-order valence-corrected chi connectivity index (χ1v) is 9.36. The van der Waals surface area contributed by atoms with Gasteiger partial charge in [-0.1, -0.05) is 0 Å². The summed E-state index contributed by atoms with van der Waals surface area (Å²) in [5.74, 6) is 0.450. The van der Waals surface area contributed by atoms with Gasteiger partial charge in [0.1, 0.15) is 10.7 Å². The highest BCUT2D eigenvalue weighted by Crippen LogP contribution is 2.20. The van der Waals surface area contributed by atoms with Crippen molar-refractivity contribution in [3.8, 4) is 5.75 Å². The van der Waals surface area contributed by atoms with Crippen molar-refractivity contribution in [1.29, 1.82) is 0 Å². The third-order valence-electron chi connectivity index (χ3n) is 1.96. The molecule has 0 saturated carbocycles. The van der Waals surface area contributed by atoms with E-state index in [1.54, 1.807) is 0 Å². The number of aryl methyl sites for hydroxylation is 2. The maximum absolute atomic E-state index is 10.7. The standard InChI is InChI=1S/C9H11IO.CHF3O3S/c1-6-4-8(10-3)5-7(2)9(6)11;2-1(3,4)8(5,6)7/h4-5H,1-3H3;(H,5,6,7). The number of halogens is 4. The summed E-state index contributed by atoms with van der Waals surface area (Å²) in [4.78, 5) is 2.23. The molecule has 0 bridgehead atoms. The number of aromatic hydroxyl groups is 1. The van der Waals surface area contributed by atoms with E-state index in [9.17, 15) is 18.3 Å². The van der Waals surface area contributed by atoms with Crippen molar-refractivity contribution in [2.75, 3.05) is 4.93 Å². The van der Waals surface area contributed by atoms with Crippen LogP contribution in [0.5, 0.6) is 5.75 Å². The number of hydrogen-bond acceptors (Lipinski definition) is 4. The molecule has 110 valence electrons. The molecule has 0 saturated heterocycles. The van der Waals surface area contributed by atoms with Gasteiger partial charge >= 0.3 is 26.7 Å². The summed E-state index contributed by atoms with van der Waals surface area (Å²) in [6.45, 7) is 3.90. The monoisotopic (exact) mass is 412 g/mol. The van der Waals surface area contributed by atoms with Crippen LogP contribution in [0.1, 0.15) is 11.1 Å². The number of alkyl halides is 4. The second-order valence-corrected chi connectivity index (χ2v) is 7.17. The Morgan fingerprint density at radius 3 is 1.74 bits per heavy atom. The van der Waals surface area contributed by atoms with Crippen LogP contribution in [0.2, 0.25) is 0 Å². The molecular formula is C10H12F3IO4S. The average molecular weight is 412 g/mol. The summed E-state index contributed by atoms with van der Waals surface area (Å²) >= 11 is 0.152. The molecule has 1 aromatic carbocycles. The van der Waals surface area contributed by atoms with E-state index in [0.29, 0.717) is 5.75 Å². The molecule has 1 N–H and O–H groups in total. The normalized spacial score (nSPS) is 11.7. The van der Waals surface area contributed by atoms with Crippen molar-refractivity contribution in [3.63, 3.8) is 0 Å². The minimum Gasteiger partial charge on any atom is -0.741 e. The van der Waals surface area contributed by atoms with Gasteiger partial charge in [-0.15, -0.1) is 0 Å². The van der Waals surface area contributed by atoms with Gasteiger partial charge in [-0.05, 0) is 37.1 Å². The zero-order chi connectivity index (χ0) is 15.4. The van der Waals surface area contributed by atoms with Gasteiger partial charge in [0.05, 0.1) is 0 Å². The van der Waals surface area contributed by atoms with E-state index in [0.717, 1.165) is 11.1 Å². The Morgan fingerprint density at radius 2 is 1.53 bits per heavy atom. The molecule has 0 heterocycles. The lowest BCUT2D eigenvalue weighted by atomic mass is 10.1. The average Bonchev–Trinajstić information content (AvgIpc) is 2.23. The Morgan fingerprint density at radius 1 is 1.21 bits per heavy atom. The fourth-order valence-corrected chi connectivity index (χ4v) is 2.57. The molecule has 1 aromatic rings. The predicted octanol–water partition coefficient (Wildman–Crippen LogP) is -1.05. The molecule has 9 heteroatoms. The fraction of sp³-hybridized carbons (Fsp3) is 0.400. The number of hydrogen-bond donors (Lipinski definition) is 1. The smallest absolute Gasteiger partial charge is 0.485 e. The Bertz CT molecular complexity index is 517. The number of phenolic OH excluding ortho intramolecular Hbond substituents is 1. The zero-order valence-corrected chi connectivity index (χ0v) is 13.2. The first kappa shape index (κ1) is 18.4. The van der Waals surface area contributed by atoms with Gasteiger partial charge < -0.3 is 9.66 Å². The van der Waals surface area contributed by atoms with Gasteiger partial charge in [0.2, 0.25) is 0 Å². The highest BCUT2D eigenvalue weighted by molar-refractivity contribution is 7.86. The molecule has 1 rings (SSSR count). The minimum atomic E-state index is -6.09. The molecule has 0 radical (unpaired) electrons. The van der Waals surface area contributed by atoms with Crippen LogP contribution in [0.15, 0.2) is 12.1 Å². The third-order valence-corrected chi connectivity index (χ3v) is 4.39. The summed E-state index contributed by atoms with van der Waals surface area (Å²) in [6.07, 6.45) is 0. The van der Waals surface area contributed by atoms with Crippen LogP contribution in [-0.2, 0) is 10.1 Å². The molecule has 0 aliphatic rings. The molecule has 19 heavy (non-hydrogen) atoms. The van der Waals surface area contributed by atoms with E-state index in [-0.39, 0.29) is 21.2 Å². The highest BCUT2D eigenvalue weighted by atomic mass is 127. The van der Waals surface area contributed by atoms with E-state index in [1.165, 1.54) is 3.57 Å². The highest BCUT2D eigenvalue weighted by Gasteiger charge is 2.36. The molecule has 0 atom stereocenters. The minimum absolute atomic E-state index is 0.152. The second-order valence-electron chi connectivity index (χ2n) is 3.48. The summed E-state index contributed by atoms with van der Waals surface area (Å²) in [5, 5.41) is 9.44. The van der Waals surface area contributed by atoms with Crippen LogP contribution in [0.25, 0.3) is 0 Å². The molecule has 0 aliphatic carbocycles. The quantitative estimate of drug-likeness (QED) is 0.277. The maximum Gasteiger partial charge on any atom is 0.485 e. The van der Waals surface area contributed by atoms with Crippen molar-refractivity contribution in [1.82, 2.24) is 0 Å². The van der Waals surface area contributed by atoms with E-state index in [1.807, 2.05) is 13.8 Å². The SMILES string of the molecule is C[I+]c1cc(C)c(O)c(C)c1.O=S(=O)([O-])C(F)(F)F. The lowest BCUT2D eigenvalue weighted by molar-refractivity contribution is -0.597.